The Morgan fingerprint density at radius 1 is 1.40 bits per heavy atom. The van der Waals surface area contributed by atoms with Gasteiger partial charge >= 0.3 is 0 Å². The highest BCUT2D eigenvalue weighted by molar-refractivity contribution is 14.1. The molecule has 0 aromatic heterocycles. The number of nitrogens with zero attached hydrogens (tertiary/aromatic N) is 1. The lowest BCUT2D eigenvalue weighted by molar-refractivity contribution is 0.339. The molecule has 2 nitrogen and oxygen atoms in total. The number of fused-ring (bicyclic) bond motifs is 1. The van der Waals surface area contributed by atoms with Crippen LogP contribution in [-0.4, -0.2) is 15.0 Å². The lowest BCUT2D eigenvalue weighted by atomic mass is 9.92. The smallest absolute Gasteiger partial charge is 0.0402 e. The van der Waals surface area contributed by atoms with Crippen molar-refractivity contribution >= 4 is 31.7 Å². The highest BCUT2D eigenvalue weighted by atomic mass is 127. The minimum absolute atomic E-state index is 0.823. The van der Waals surface area contributed by atoms with E-state index in [9.17, 15) is 0 Å². The summed E-state index contributed by atoms with van der Waals surface area (Å²) in [6, 6.07) is 1.68. The second-order valence-corrected chi connectivity index (χ2v) is 5.97. The van der Waals surface area contributed by atoms with Crippen molar-refractivity contribution in [3.8, 4) is 0 Å². The van der Waals surface area contributed by atoms with Gasteiger partial charge in [0.2, 0.25) is 0 Å². The third-order valence-corrected chi connectivity index (χ3v) is 4.86. The van der Waals surface area contributed by atoms with E-state index in [2.05, 4.69) is 30.8 Å². The van der Waals surface area contributed by atoms with Crippen LogP contribution < -0.4 is 5.09 Å². The average molecular weight is 270 g/mol. The molecule has 1 aliphatic carbocycles. The van der Waals surface area contributed by atoms with Gasteiger partial charge in [0.25, 0.3) is 0 Å². The molecule has 3 unspecified atom stereocenters. The molecule has 10 heavy (non-hydrogen) atoms. The molecule has 0 amide bonds. The van der Waals surface area contributed by atoms with E-state index in [1.54, 1.807) is 0 Å². The molecule has 0 aromatic carbocycles. The molecule has 1 saturated heterocycles. The van der Waals surface area contributed by atoms with Crippen molar-refractivity contribution in [1.82, 2.24) is 7.97 Å². The van der Waals surface area contributed by atoms with Crippen LogP contribution in [0.25, 0.3) is 0 Å². The summed E-state index contributed by atoms with van der Waals surface area (Å²) < 4.78 is 2.45. The van der Waals surface area contributed by atoms with E-state index in [-0.39, 0.29) is 0 Å². The summed E-state index contributed by atoms with van der Waals surface area (Å²) in [5, 5.41) is 3.55. The van der Waals surface area contributed by atoms with Gasteiger partial charge in [-0.05, 0) is 12.8 Å². The van der Waals surface area contributed by atoms with Crippen molar-refractivity contribution in [2.75, 3.05) is 0 Å². The van der Waals surface area contributed by atoms with Gasteiger partial charge in [0.05, 0.1) is 0 Å². The number of nitrogens with one attached hydrogen (secondary N) is 1. The van der Waals surface area contributed by atoms with E-state index in [0.717, 1.165) is 21.0 Å². The Labute approximate surface area is 77.5 Å². The van der Waals surface area contributed by atoms with Crippen molar-refractivity contribution < 1.29 is 0 Å². The fraction of sp³-hybridized carbons (Fsp3) is 1.00. The van der Waals surface area contributed by atoms with Gasteiger partial charge < -0.3 is 0 Å². The molecule has 0 radical (unpaired) electrons. The van der Waals surface area contributed by atoms with E-state index in [1.807, 2.05) is 0 Å². The molecule has 2 fully saturated rings. The van der Waals surface area contributed by atoms with Crippen LogP contribution in [-0.2, 0) is 0 Å². The van der Waals surface area contributed by atoms with Gasteiger partial charge in [-0.15, -0.1) is 0 Å². The molecule has 4 heteroatoms. The summed E-state index contributed by atoms with van der Waals surface area (Å²) in [6.45, 7) is 0. The summed E-state index contributed by atoms with van der Waals surface area (Å²) in [6.07, 6.45) is 5.68. The van der Waals surface area contributed by atoms with Gasteiger partial charge in [-0.25, -0.2) is 2.88 Å². The molecule has 1 heterocycles. The third kappa shape index (κ3) is 1.33. The summed E-state index contributed by atoms with van der Waals surface area (Å²) in [7, 11) is 0.867. The van der Waals surface area contributed by atoms with Crippen LogP contribution in [0.5, 0.6) is 0 Å². The molecular weight excluding hydrogens is 258 g/mol. The topological polar surface area (TPSA) is 15.3 Å². The van der Waals surface area contributed by atoms with Crippen molar-refractivity contribution in [3.05, 3.63) is 0 Å². The lowest BCUT2D eigenvalue weighted by Crippen LogP contribution is -2.35. The molecule has 0 spiro atoms. The van der Waals surface area contributed by atoms with Crippen LogP contribution in [0.1, 0.15) is 25.7 Å². The van der Waals surface area contributed by atoms with Crippen LogP contribution in [0.15, 0.2) is 0 Å². The zero-order chi connectivity index (χ0) is 6.97. The van der Waals surface area contributed by atoms with E-state index in [0.29, 0.717) is 0 Å². The van der Waals surface area contributed by atoms with Crippen molar-refractivity contribution in [2.45, 2.75) is 37.8 Å². The molecule has 3 atom stereocenters. The normalized spacial score (nSPS) is 44.1. The van der Waals surface area contributed by atoms with Gasteiger partial charge in [-0.3, -0.25) is 5.09 Å². The molecule has 58 valence electrons. The van der Waals surface area contributed by atoms with Gasteiger partial charge in [-0.2, -0.15) is 0 Å². The van der Waals surface area contributed by atoms with Gasteiger partial charge in [0, 0.05) is 43.8 Å². The maximum atomic E-state index is 3.55. The largest absolute Gasteiger partial charge is 0.281 e. The van der Waals surface area contributed by atoms with Crippen LogP contribution >= 0.6 is 31.7 Å². The standard InChI is InChI=1S/C6H12IN2P/c7-9-6-4-2-1-3-5(6)8-10-9/h5-6,8,10H,1-4H2. The first-order chi connectivity index (χ1) is 4.88. The molecule has 2 rings (SSSR count). The zero-order valence-corrected chi connectivity index (χ0v) is 8.97. The summed E-state index contributed by atoms with van der Waals surface area (Å²) >= 11 is 2.45. The minimum atomic E-state index is 0.823. The Morgan fingerprint density at radius 3 is 3.00 bits per heavy atom. The number of halogens is 1. The fourth-order valence-electron chi connectivity index (χ4n) is 1.78. The summed E-state index contributed by atoms with van der Waals surface area (Å²) in [5.41, 5.74) is 0. The monoisotopic (exact) mass is 270 g/mol. The van der Waals surface area contributed by atoms with Crippen molar-refractivity contribution in [1.29, 1.82) is 0 Å². The molecule has 1 aliphatic heterocycles. The summed E-state index contributed by atoms with van der Waals surface area (Å²) in [4.78, 5) is 0. The van der Waals surface area contributed by atoms with Crippen LogP contribution in [0.2, 0.25) is 0 Å². The van der Waals surface area contributed by atoms with Crippen molar-refractivity contribution in [2.24, 2.45) is 0 Å². The molecule has 1 saturated carbocycles. The molecule has 2 aliphatic rings. The number of rotatable bonds is 0. The average Bonchev–Trinajstić information content (AvgIpc) is 2.34. The lowest BCUT2D eigenvalue weighted by Gasteiger charge is -2.26. The van der Waals surface area contributed by atoms with Crippen molar-refractivity contribution in [3.63, 3.8) is 0 Å². The van der Waals surface area contributed by atoms with Crippen LogP contribution in [0.4, 0.5) is 0 Å². The molecule has 1 N–H and O–H groups in total. The highest BCUT2D eigenvalue weighted by Crippen LogP contribution is 2.39. The van der Waals surface area contributed by atoms with Crippen LogP contribution in [0, 0.1) is 0 Å². The maximum Gasteiger partial charge on any atom is 0.0402 e. The Morgan fingerprint density at radius 2 is 2.20 bits per heavy atom. The van der Waals surface area contributed by atoms with E-state index in [4.69, 9.17) is 0 Å². The van der Waals surface area contributed by atoms with E-state index >= 15 is 0 Å². The predicted octanol–water partition coefficient (Wildman–Crippen LogP) is 2.06. The Bertz CT molecular complexity index is 131. The minimum Gasteiger partial charge on any atom is -0.281 e. The van der Waals surface area contributed by atoms with Gasteiger partial charge in [0.1, 0.15) is 0 Å². The second kappa shape index (κ2) is 3.21. The molecule has 0 aromatic rings. The quantitative estimate of drug-likeness (QED) is 0.412. The Balaban J connectivity index is 2.01. The SMILES string of the molecule is IN1PNC2CCCCC21. The maximum absolute atomic E-state index is 3.55. The fourth-order valence-corrected chi connectivity index (χ4v) is 3.96. The zero-order valence-electron chi connectivity index (χ0n) is 5.81. The Hall–Kier alpha value is 1.08. The predicted molar refractivity (Wildman–Crippen MR) is 53.4 cm³/mol. The number of hydrogen-bond acceptors (Lipinski definition) is 2. The first kappa shape index (κ1) is 7.71. The van der Waals surface area contributed by atoms with E-state index < -0.39 is 0 Å². The number of hydrogen-bond donors (Lipinski definition) is 1. The Kier molecular flexibility index (Phi) is 2.48. The first-order valence-corrected chi connectivity index (χ1v) is 5.75. The first-order valence-electron chi connectivity index (χ1n) is 3.84. The van der Waals surface area contributed by atoms with Gasteiger partial charge in [0.15, 0.2) is 0 Å². The molecular formula is C6H12IN2P. The molecule has 0 bridgehead atoms. The van der Waals surface area contributed by atoms with Gasteiger partial charge in [-0.1, -0.05) is 12.8 Å². The summed E-state index contributed by atoms with van der Waals surface area (Å²) in [5.74, 6) is 0. The van der Waals surface area contributed by atoms with E-state index in [1.165, 1.54) is 25.7 Å². The second-order valence-electron chi connectivity index (χ2n) is 3.03. The van der Waals surface area contributed by atoms with Crippen LogP contribution in [0.3, 0.4) is 0 Å². The highest BCUT2D eigenvalue weighted by Gasteiger charge is 2.34. The third-order valence-electron chi connectivity index (χ3n) is 2.38.